The zero-order valence-corrected chi connectivity index (χ0v) is 12.5. The van der Waals surface area contributed by atoms with Crippen LogP contribution >= 0.6 is 15.9 Å². The van der Waals surface area contributed by atoms with Crippen molar-refractivity contribution in [3.8, 4) is 0 Å². The molecule has 0 saturated heterocycles. The second-order valence-corrected chi connectivity index (χ2v) is 5.40. The molecule has 0 aliphatic rings. The normalized spacial score (nSPS) is 10.4. The maximum atomic E-state index is 10.5. The van der Waals surface area contributed by atoms with Crippen LogP contribution in [-0.2, 0) is 13.0 Å². The van der Waals surface area contributed by atoms with Crippen LogP contribution in [0.15, 0.2) is 53.0 Å². The molecule has 5 heteroatoms. The van der Waals surface area contributed by atoms with E-state index in [9.17, 15) is 10.1 Å². The molecule has 2 rings (SSSR count). The first-order chi connectivity index (χ1) is 9.65. The van der Waals surface area contributed by atoms with Gasteiger partial charge in [0, 0.05) is 23.2 Å². The van der Waals surface area contributed by atoms with E-state index in [0.717, 1.165) is 29.5 Å². The number of nitro benzene ring substituents is 1. The number of non-ortho nitro benzene ring substituents is 1. The molecule has 0 aromatic heterocycles. The van der Waals surface area contributed by atoms with E-state index in [1.165, 1.54) is 5.56 Å². The van der Waals surface area contributed by atoms with Gasteiger partial charge in [-0.1, -0.05) is 40.2 Å². The molecule has 1 N–H and O–H groups in total. The number of hydrogen-bond acceptors (Lipinski definition) is 3. The van der Waals surface area contributed by atoms with E-state index in [2.05, 4.69) is 33.4 Å². The minimum absolute atomic E-state index is 0.135. The average Bonchev–Trinajstić information content (AvgIpc) is 2.44. The van der Waals surface area contributed by atoms with Crippen LogP contribution in [0.4, 0.5) is 5.69 Å². The Hall–Kier alpha value is -1.72. The summed E-state index contributed by atoms with van der Waals surface area (Å²) in [5, 5.41) is 13.9. The van der Waals surface area contributed by atoms with E-state index in [1.54, 1.807) is 24.3 Å². The Balaban J connectivity index is 1.77. The predicted octanol–water partition coefficient (Wildman–Crippen LogP) is 3.69. The second kappa shape index (κ2) is 7.17. The standard InChI is InChI=1S/C15H15BrN2O2/c16-14-3-1-2-13(10-14)11-17-9-8-12-4-6-15(7-5-12)18(19)20/h1-7,10,17H,8-9,11H2. The number of hydrogen-bond donors (Lipinski definition) is 1. The summed E-state index contributed by atoms with van der Waals surface area (Å²) in [4.78, 5) is 10.2. The summed E-state index contributed by atoms with van der Waals surface area (Å²) in [6, 6.07) is 14.9. The zero-order valence-electron chi connectivity index (χ0n) is 10.9. The van der Waals surface area contributed by atoms with E-state index >= 15 is 0 Å². The quantitative estimate of drug-likeness (QED) is 0.498. The number of rotatable bonds is 6. The van der Waals surface area contributed by atoms with Gasteiger partial charge in [0.15, 0.2) is 0 Å². The molecular weight excluding hydrogens is 320 g/mol. The summed E-state index contributed by atoms with van der Waals surface area (Å²) in [5.41, 5.74) is 2.45. The Morgan fingerprint density at radius 2 is 1.85 bits per heavy atom. The third-order valence-corrected chi connectivity index (χ3v) is 3.45. The summed E-state index contributed by atoms with van der Waals surface area (Å²) in [7, 11) is 0. The Kier molecular flexibility index (Phi) is 5.26. The fourth-order valence-corrected chi connectivity index (χ4v) is 2.34. The largest absolute Gasteiger partial charge is 0.312 e. The van der Waals surface area contributed by atoms with Gasteiger partial charge in [0.2, 0.25) is 0 Å². The van der Waals surface area contributed by atoms with Crippen LogP contribution in [0.5, 0.6) is 0 Å². The number of nitrogens with one attached hydrogen (secondary N) is 1. The van der Waals surface area contributed by atoms with Gasteiger partial charge in [-0.25, -0.2) is 0 Å². The molecule has 0 aliphatic heterocycles. The lowest BCUT2D eigenvalue weighted by atomic mass is 10.1. The Morgan fingerprint density at radius 1 is 1.10 bits per heavy atom. The summed E-state index contributed by atoms with van der Waals surface area (Å²) in [5.74, 6) is 0. The number of benzene rings is 2. The lowest BCUT2D eigenvalue weighted by Crippen LogP contribution is -2.16. The Labute approximate surface area is 126 Å². The van der Waals surface area contributed by atoms with Gasteiger partial charge in [0.25, 0.3) is 5.69 Å². The molecule has 0 saturated carbocycles. The monoisotopic (exact) mass is 334 g/mol. The van der Waals surface area contributed by atoms with Gasteiger partial charge in [0.05, 0.1) is 4.92 Å². The van der Waals surface area contributed by atoms with E-state index in [1.807, 2.05) is 12.1 Å². The van der Waals surface area contributed by atoms with E-state index in [0.29, 0.717) is 0 Å². The maximum Gasteiger partial charge on any atom is 0.269 e. The molecular formula is C15H15BrN2O2. The topological polar surface area (TPSA) is 55.2 Å². The first-order valence-corrected chi connectivity index (χ1v) is 7.13. The van der Waals surface area contributed by atoms with Crippen molar-refractivity contribution >= 4 is 21.6 Å². The van der Waals surface area contributed by atoms with Crippen molar-refractivity contribution in [3.05, 3.63) is 74.2 Å². The van der Waals surface area contributed by atoms with Gasteiger partial charge in [0.1, 0.15) is 0 Å². The Bertz CT molecular complexity index is 585. The highest BCUT2D eigenvalue weighted by Gasteiger charge is 2.03. The zero-order chi connectivity index (χ0) is 14.4. The lowest BCUT2D eigenvalue weighted by Gasteiger charge is -2.05. The van der Waals surface area contributed by atoms with Crippen LogP contribution in [0.25, 0.3) is 0 Å². The smallest absolute Gasteiger partial charge is 0.269 e. The minimum Gasteiger partial charge on any atom is -0.312 e. The molecule has 0 unspecified atom stereocenters. The third kappa shape index (κ3) is 4.43. The molecule has 0 fully saturated rings. The number of nitrogens with zero attached hydrogens (tertiary/aromatic N) is 1. The molecule has 0 spiro atoms. The summed E-state index contributed by atoms with van der Waals surface area (Å²) in [6.45, 7) is 1.65. The van der Waals surface area contributed by atoms with Gasteiger partial charge in [-0.2, -0.15) is 0 Å². The highest BCUT2D eigenvalue weighted by Crippen LogP contribution is 2.13. The van der Waals surface area contributed by atoms with Gasteiger partial charge in [-0.15, -0.1) is 0 Å². The fraction of sp³-hybridized carbons (Fsp3) is 0.200. The Morgan fingerprint density at radius 3 is 2.50 bits per heavy atom. The van der Waals surface area contributed by atoms with Crippen LogP contribution in [-0.4, -0.2) is 11.5 Å². The van der Waals surface area contributed by atoms with Crippen molar-refractivity contribution in [3.63, 3.8) is 0 Å². The SMILES string of the molecule is O=[N+]([O-])c1ccc(CCNCc2cccc(Br)c2)cc1. The van der Waals surface area contributed by atoms with Crippen LogP contribution < -0.4 is 5.32 Å². The molecule has 4 nitrogen and oxygen atoms in total. The molecule has 0 heterocycles. The number of nitro groups is 1. The highest BCUT2D eigenvalue weighted by atomic mass is 79.9. The minimum atomic E-state index is -0.380. The molecule has 0 amide bonds. The molecule has 0 radical (unpaired) electrons. The van der Waals surface area contributed by atoms with Crippen molar-refractivity contribution in [1.29, 1.82) is 0 Å². The van der Waals surface area contributed by atoms with Crippen molar-refractivity contribution in [2.24, 2.45) is 0 Å². The van der Waals surface area contributed by atoms with Crippen LogP contribution in [0.2, 0.25) is 0 Å². The first kappa shape index (κ1) is 14.7. The van der Waals surface area contributed by atoms with Crippen LogP contribution in [0.1, 0.15) is 11.1 Å². The fourth-order valence-electron chi connectivity index (χ4n) is 1.90. The van der Waals surface area contributed by atoms with Crippen molar-refractivity contribution in [1.82, 2.24) is 5.32 Å². The van der Waals surface area contributed by atoms with Gasteiger partial charge >= 0.3 is 0 Å². The van der Waals surface area contributed by atoms with E-state index in [4.69, 9.17) is 0 Å². The molecule has 0 bridgehead atoms. The van der Waals surface area contributed by atoms with Gasteiger partial charge < -0.3 is 5.32 Å². The van der Waals surface area contributed by atoms with E-state index in [-0.39, 0.29) is 10.6 Å². The summed E-state index contributed by atoms with van der Waals surface area (Å²) in [6.07, 6.45) is 0.853. The number of halogens is 1. The molecule has 0 aliphatic carbocycles. The molecule has 2 aromatic rings. The second-order valence-electron chi connectivity index (χ2n) is 4.48. The van der Waals surface area contributed by atoms with Crippen molar-refractivity contribution in [2.75, 3.05) is 6.54 Å². The van der Waals surface area contributed by atoms with Crippen LogP contribution in [0.3, 0.4) is 0 Å². The molecule has 2 aromatic carbocycles. The molecule has 0 atom stereocenters. The summed E-state index contributed by atoms with van der Waals surface area (Å²) < 4.78 is 1.08. The van der Waals surface area contributed by atoms with Crippen molar-refractivity contribution in [2.45, 2.75) is 13.0 Å². The van der Waals surface area contributed by atoms with Gasteiger partial charge in [-0.3, -0.25) is 10.1 Å². The third-order valence-electron chi connectivity index (χ3n) is 2.96. The highest BCUT2D eigenvalue weighted by molar-refractivity contribution is 9.10. The molecule has 104 valence electrons. The molecule has 20 heavy (non-hydrogen) atoms. The van der Waals surface area contributed by atoms with Crippen LogP contribution in [0, 0.1) is 10.1 Å². The maximum absolute atomic E-state index is 10.5. The summed E-state index contributed by atoms with van der Waals surface area (Å²) >= 11 is 3.44. The van der Waals surface area contributed by atoms with Crippen molar-refractivity contribution < 1.29 is 4.92 Å². The van der Waals surface area contributed by atoms with Gasteiger partial charge in [-0.05, 0) is 36.2 Å². The van der Waals surface area contributed by atoms with E-state index < -0.39 is 0 Å². The first-order valence-electron chi connectivity index (χ1n) is 6.33. The lowest BCUT2D eigenvalue weighted by molar-refractivity contribution is -0.384. The average molecular weight is 335 g/mol. The predicted molar refractivity (Wildman–Crippen MR) is 82.6 cm³/mol.